The Morgan fingerprint density at radius 3 is 2.25 bits per heavy atom. The average molecular weight is 238 g/mol. The second-order valence-corrected chi connectivity index (χ2v) is 4.05. The van der Waals surface area contributed by atoms with Gasteiger partial charge in [-0.25, -0.2) is 4.68 Å². The zero-order valence-corrected chi connectivity index (χ0v) is 9.82. The van der Waals surface area contributed by atoms with Gasteiger partial charge in [0.15, 0.2) is 0 Å². The number of nitrogens with zero attached hydrogens (tertiary/aromatic N) is 2. The van der Waals surface area contributed by atoms with Crippen LogP contribution in [-0.2, 0) is 7.05 Å². The fourth-order valence-corrected chi connectivity index (χ4v) is 1.73. The van der Waals surface area contributed by atoms with Gasteiger partial charge in [-0.1, -0.05) is 11.6 Å². The molecule has 4 nitrogen and oxygen atoms in total. The van der Waals surface area contributed by atoms with Crippen LogP contribution in [0.2, 0.25) is 5.02 Å². The van der Waals surface area contributed by atoms with Crippen LogP contribution in [0, 0.1) is 6.92 Å². The molecule has 5 heteroatoms. The second-order valence-electron chi connectivity index (χ2n) is 3.62. The van der Waals surface area contributed by atoms with E-state index in [1.54, 1.807) is 36.0 Å². The Kier molecular flexibility index (Phi) is 2.52. The van der Waals surface area contributed by atoms with E-state index in [-0.39, 0.29) is 11.2 Å². The fraction of sp³-hybridized carbons (Fsp3) is 0.182. The van der Waals surface area contributed by atoms with Gasteiger partial charge in [0.1, 0.15) is 5.69 Å². The topological polar surface area (TPSA) is 53.0 Å². The summed E-state index contributed by atoms with van der Waals surface area (Å²) in [5.74, 6) is 0. The average Bonchev–Trinajstić information content (AvgIpc) is 2.46. The highest BCUT2D eigenvalue weighted by atomic mass is 35.5. The van der Waals surface area contributed by atoms with Crippen molar-refractivity contribution in [1.82, 2.24) is 9.36 Å². The molecule has 2 aromatic rings. The summed E-state index contributed by atoms with van der Waals surface area (Å²) in [5, 5.41) is 0.635. The SMILES string of the molecule is Cc1c(N)c(=O)n(-c2ccc(Cl)cc2)n1C. The zero-order chi connectivity index (χ0) is 11.9. The molecule has 0 aliphatic rings. The van der Waals surface area contributed by atoms with Gasteiger partial charge in [-0.05, 0) is 31.2 Å². The normalized spacial score (nSPS) is 10.7. The molecule has 0 unspecified atom stereocenters. The van der Waals surface area contributed by atoms with E-state index in [1.165, 1.54) is 4.68 Å². The minimum absolute atomic E-state index is 0.206. The van der Waals surface area contributed by atoms with Gasteiger partial charge in [0.2, 0.25) is 0 Å². The Labute approximate surface area is 97.8 Å². The van der Waals surface area contributed by atoms with Crippen molar-refractivity contribution in [2.24, 2.45) is 7.05 Å². The molecule has 0 radical (unpaired) electrons. The molecule has 0 atom stereocenters. The first-order chi connectivity index (χ1) is 7.52. The van der Waals surface area contributed by atoms with Gasteiger partial charge >= 0.3 is 0 Å². The van der Waals surface area contributed by atoms with Gasteiger partial charge in [-0.2, -0.15) is 0 Å². The Hall–Kier alpha value is -1.68. The van der Waals surface area contributed by atoms with Crippen molar-refractivity contribution in [3.8, 4) is 5.69 Å². The van der Waals surface area contributed by atoms with Crippen LogP contribution in [0.4, 0.5) is 5.69 Å². The largest absolute Gasteiger partial charge is 0.393 e. The molecule has 2 rings (SSSR count). The van der Waals surface area contributed by atoms with Gasteiger partial charge in [0.25, 0.3) is 5.56 Å². The third-order valence-electron chi connectivity index (χ3n) is 2.67. The maximum atomic E-state index is 11.9. The minimum Gasteiger partial charge on any atom is -0.393 e. The summed E-state index contributed by atoms with van der Waals surface area (Å²) >= 11 is 5.80. The number of nitrogen functional groups attached to an aromatic ring is 1. The molecule has 0 saturated carbocycles. The van der Waals surface area contributed by atoms with Crippen molar-refractivity contribution < 1.29 is 0 Å². The van der Waals surface area contributed by atoms with Crippen molar-refractivity contribution in [2.45, 2.75) is 6.92 Å². The standard InChI is InChI=1S/C11H12ClN3O/c1-7-10(13)11(16)15(14(7)2)9-5-3-8(12)4-6-9/h3-6H,13H2,1-2H3. The number of halogens is 1. The van der Waals surface area contributed by atoms with Crippen LogP contribution in [-0.4, -0.2) is 9.36 Å². The first-order valence-electron chi connectivity index (χ1n) is 4.82. The van der Waals surface area contributed by atoms with Gasteiger partial charge in [0, 0.05) is 12.1 Å². The van der Waals surface area contributed by atoms with Crippen molar-refractivity contribution in [1.29, 1.82) is 0 Å². The van der Waals surface area contributed by atoms with Gasteiger partial charge in [-0.3, -0.25) is 9.48 Å². The van der Waals surface area contributed by atoms with Crippen molar-refractivity contribution in [3.05, 3.63) is 45.3 Å². The maximum Gasteiger partial charge on any atom is 0.294 e. The first kappa shape index (κ1) is 10.8. The monoisotopic (exact) mass is 237 g/mol. The molecule has 2 N–H and O–H groups in total. The quantitative estimate of drug-likeness (QED) is 0.821. The summed E-state index contributed by atoms with van der Waals surface area (Å²) in [5.41, 5.74) is 7.26. The Bertz CT molecular complexity index is 581. The second kappa shape index (κ2) is 3.72. The van der Waals surface area contributed by atoms with Crippen LogP contribution in [0.15, 0.2) is 29.1 Å². The molecule has 0 spiro atoms. The van der Waals surface area contributed by atoms with E-state index in [0.717, 1.165) is 11.4 Å². The van der Waals surface area contributed by atoms with E-state index in [4.69, 9.17) is 17.3 Å². The molecule has 0 bridgehead atoms. The molecule has 0 aliphatic carbocycles. The molecule has 0 saturated heterocycles. The van der Waals surface area contributed by atoms with Crippen LogP contribution < -0.4 is 11.3 Å². The third kappa shape index (κ3) is 1.51. The number of anilines is 1. The fourth-order valence-electron chi connectivity index (χ4n) is 1.60. The van der Waals surface area contributed by atoms with Crippen LogP contribution in [0.1, 0.15) is 5.69 Å². The van der Waals surface area contributed by atoms with Crippen LogP contribution in [0.5, 0.6) is 0 Å². The van der Waals surface area contributed by atoms with Gasteiger partial charge < -0.3 is 5.73 Å². The third-order valence-corrected chi connectivity index (χ3v) is 2.92. The van der Waals surface area contributed by atoms with Crippen LogP contribution in [0.25, 0.3) is 5.69 Å². The van der Waals surface area contributed by atoms with Gasteiger partial charge in [0.05, 0.1) is 11.4 Å². The summed E-state index contributed by atoms with van der Waals surface area (Å²) in [7, 11) is 1.79. The predicted molar refractivity (Wildman–Crippen MR) is 65.2 cm³/mol. The Morgan fingerprint density at radius 1 is 1.25 bits per heavy atom. The smallest absolute Gasteiger partial charge is 0.294 e. The zero-order valence-electron chi connectivity index (χ0n) is 9.07. The number of hydrogen-bond acceptors (Lipinski definition) is 2. The summed E-state index contributed by atoms with van der Waals surface area (Å²) in [6.45, 7) is 1.81. The molecule has 84 valence electrons. The molecule has 1 aromatic carbocycles. The van der Waals surface area contributed by atoms with Crippen molar-refractivity contribution in [3.63, 3.8) is 0 Å². The molecular weight excluding hydrogens is 226 g/mol. The lowest BCUT2D eigenvalue weighted by atomic mass is 10.3. The predicted octanol–water partition coefficient (Wildman–Crippen LogP) is 1.72. The highest BCUT2D eigenvalue weighted by molar-refractivity contribution is 6.30. The molecular formula is C11H12ClN3O. The van der Waals surface area contributed by atoms with Crippen LogP contribution in [0.3, 0.4) is 0 Å². The van der Waals surface area contributed by atoms with E-state index in [9.17, 15) is 4.79 Å². The van der Waals surface area contributed by atoms with Crippen LogP contribution >= 0.6 is 11.6 Å². The summed E-state index contributed by atoms with van der Waals surface area (Å²) in [6.07, 6.45) is 0. The number of aromatic nitrogens is 2. The lowest BCUT2D eigenvalue weighted by Crippen LogP contribution is -2.20. The summed E-state index contributed by atoms with van der Waals surface area (Å²) in [4.78, 5) is 11.9. The Morgan fingerprint density at radius 2 is 1.81 bits per heavy atom. The van der Waals surface area contributed by atoms with Gasteiger partial charge in [-0.15, -0.1) is 0 Å². The molecule has 1 aromatic heterocycles. The maximum absolute atomic E-state index is 11.9. The lowest BCUT2D eigenvalue weighted by Gasteiger charge is -2.07. The Balaban J connectivity index is 2.70. The number of rotatable bonds is 1. The highest BCUT2D eigenvalue weighted by Crippen LogP contribution is 2.14. The van der Waals surface area contributed by atoms with E-state index in [1.807, 2.05) is 6.92 Å². The first-order valence-corrected chi connectivity index (χ1v) is 5.20. The van der Waals surface area contributed by atoms with E-state index in [0.29, 0.717) is 5.02 Å². The lowest BCUT2D eigenvalue weighted by molar-refractivity contribution is 0.630. The van der Waals surface area contributed by atoms with E-state index in [2.05, 4.69) is 0 Å². The number of benzene rings is 1. The van der Waals surface area contributed by atoms with Crippen molar-refractivity contribution >= 4 is 17.3 Å². The summed E-state index contributed by atoms with van der Waals surface area (Å²) < 4.78 is 3.24. The number of nitrogens with two attached hydrogens (primary N) is 1. The molecule has 0 aliphatic heterocycles. The molecule has 16 heavy (non-hydrogen) atoms. The van der Waals surface area contributed by atoms with Crippen molar-refractivity contribution in [2.75, 3.05) is 5.73 Å². The van der Waals surface area contributed by atoms with E-state index < -0.39 is 0 Å². The molecule has 1 heterocycles. The highest BCUT2D eigenvalue weighted by Gasteiger charge is 2.12. The van der Waals surface area contributed by atoms with E-state index >= 15 is 0 Å². The molecule has 0 amide bonds. The number of hydrogen-bond donors (Lipinski definition) is 1. The summed E-state index contributed by atoms with van der Waals surface area (Å²) in [6, 6.07) is 7.04. The minimum atomic E-state index is -0.206. The molecule has 0 fully saturated rings.